The van der Waals surface area contributed by atoms with Crippen LogP contribution in [0.15, 0.2) is 18.2 Å². The maximum atomic E-state index is 13.0. The van der Waals surface area contributed by atoms with Crippen LogP contribution in [0.4, 0.5) is 4.39 Å². The third-order valence-electron chi connectivity index (χ3n) is 2.78. The molecule has 0 saturated heterocycles. The van der Waals surface area contributed by atoms with Crippen LogP contribution < -0.4 is 10.5 Å². The summed E-state index contributed by atoms with van der Waals surface area (Å²) in [5, 5.41) is 10.1. The summed E-state index contributed by atoms with van der Waals surface area (Å²) in [6.45, 7) is 5.69. The lowest BCUT2D eigenvalue weighted by atomic mass is 9.82. The molecule has 0 fully saturated rings. The minimum Gasteiger partial charge on any atom is -0.496 e. The van der Waals surface area contributed by atoms with Gasteiger partial charge in [-0.1, -0.05) is 26.8 Å². The third-order valence-corrected chi connectivity index (χ3v) is 2.78. The summed E-state index contributed by atoms with van der Waals surface area (Å²) in [6.07, 6.45) is -0.734. The van der Waals surface area contributed by atoms with Crippen molar-refractivity contribution in [1.82, 2.24) is 0 Å². The summed E-state index contributed by atoms with van der Waals surface area (Å²) in [6, 6.07) is 3.52. The van der Waals surface area contributed by atoms with Crippen molar-refractivity contribution in [3.05, 3.63) is 29.6 Å². The van der Waals surface area contributed by atoms with Crippen LogP contribution in [0.1, 0.15) is 32.4 Å². The lowest BCUT2D eigenvalue weighted by Crippen LogP contribution is -2.37. The Kier molecular flexibility index (Phi) is 4.11. The molecule has 0 aromatic heterocycles. The number of benzene rings is 1. The quantitative estimate of drug-likeness (QED) is 0.853. The van der Waals surface area contributed by atoms with Gasteiger partial charge in [-0.3, -0.25) is 0 Å². The zero-order valence-electron chi connectivity index (χ0n) is 10.7. The first-order valence-electron chi connectivity index (χ1n) is 5.54. The molecule has 4 heteroatoms. The highest BCUT2D eigenvalue weighted by atomic mass is 19.1. The van der Waals surface area contributed by atoms with E-state index in [1.165, 1.54) is 19.2 Å². The highest BCUT2D eigenvalue weighted by Crippen LogP contribution is 2.33. The van der Waals surface area contributed by atoms with Crippen molar-refractivity contribution >= 4 is 0 Å². The van der Waals surface area contributed by atoms with E-state index in [4.69, 9.17) is 10.5 Å². The van der Waals surface area contributed by atoms with E-state index >= 15 is 0 Å². The predicted molar refractivity (Wildman–Crippen MR) is 65.3 cm³/mol. The van der Waals surface area contributed by atoms with Crippen molar-refractivity contribution < 1.29 is 14.2 Å². The maximum Gasteiger partial charge on any atom is 0.126 e. The van der Waals surface area contributed by atoms with Crippen LogP contribution in [0.25, 0.3) is 0 Å². The molecule has 2 atom stereocenters. The lowest BCUT2D eigenvalue weighted by molar-refractivity contribution is 0.0394. The van der Waals surface area contributed by atoms with Gasteiger partial charge in [-0.2, -0.15) is 0 Å². The normalized spacial score (nSPS) is 15.5. The van der Waals surface area contributed by atoms with Gasteiger partial charge in [-0.05, 0) is 11.5 Å². The Labute approximate surface area is 101 Å². The predicted octanol–water partition coefficient (Wildman–Crippen LogP) is 2.24. The molecule has 0 aliphatic heterocycles. The van der Waals surface area contributed by atoms with E-state index in [2.05, 4.69) is 0 Å². The van der Waals surface area contributed by atoms with Crippen molar-refractivity contribution in [3.63, 3.8) is 0 Å². The highest BCUT2D eigenvalue weighted by molar-refractivity contribution is 5.37. The van der Waals surface area contributed by atoms with E-state index < -0.39 is 12.1 Å². The summed E-state index contributed by atoms with van der Waals surface area (Å²) in [5.74, 6) is -0.0242. The monoisotopic (exact) mass is 241 g/mol. The van der Waals surface area contributed by atoms with Crippen LogP contribution in [0.3, 0.4) is 0 Å². The topological polar surface area (TPSA) is 55.5 Å². The number of hydrogen-bond donors (Lipinski definition) is 2. The minimum absolute atomic E-state index is 0.348. The SMILES string of the molecule is COc1cc(F)ccc1[C@H](N)[C@H](O)C(C)(C)C. The molecular weight excluding hydrogens is 221 g/mol. The molecule has 0 radical (unpaired) electrons. The maximum absolute atomic E-state index is 13.0. The first kappa shape index (κ1) is 13.9. The Hall–Kier alpha value is -1.13. The molecule has 3 N–H and O–H groups in total. The van der Waals surface area contributed by atoms with Crippen LogP contribution in [0, 0.1) is 11.2 Å². The second-order valence-corrected chi connectivity index (χ2v) is 5.22. The Morgan fingerprint density at radius 1 is 1.35 bits per heavy atom. The van der Waals surface area contributed by atoms with Crippen LogP contribution in [-0.4, -0.2) is 18.3 Å². The number of nitrogens with two attached hydrogens (primary N) is 1. The Balaban J connectivity index is 3.08. The Bertz CT molecular complexity index is 387. The van der Waals surface area contributed by atoms with Crippen LogP contribution >= 0.6 is 0 Å². The number of aliphatic hydroxyl groups is 1. The van der Waals surface area contributed by atoms with Crippen LogP contribution in [-0.2, 0) is 0 Å². The highest BCUT2D eigenvalue weighted by Gasteiger charge is 2.30. The number of rotatable bonds is 3. The third kappa shape index (κ3) is 3.17. The fourth-order valence-electron chi connectivity index (χ4n) is 1.67. The van der Waals surface area contributed by atoms with Crippen LogP contribution in [0.5, 0.6) is 5.75 Å². The van der Waals surface area contributed by atoms with Gasteiger partial charge in [0.15, 0.2) is 0 Å². The van der Waals surface area contributed by atoms with Crippen molar-refractivity contribution in [2.24, 2.45) is 11.1 Å². The Morgan fingerprint density at radius 3 is 2.41 bits per heavy atom. The minimum atomic E-state index is -0.734. The summed E-state index contributed by atoms with van der Waals surface area (Å²) in [7, 11) is 1.45. The Morgan fingerprint density at radius 2 is 1.94 bits per heavy atom. The van der Waals surface area contributed by atoms with Gasteiger partial charge in [0.1, 0.15) is 11.6 Å². The van der Waals surface area contributed by atoms with Gasteiger partial charge in [0.05, 0.1) is 19.3 Å². The van der Waals surface area contributed by atoms with Gasteiger partial charge in [0.25, 0.3) is 0 Å². The number of methoxy groups -OCH3 is 1. The molecule has 1 rings (SSSR count). The van der Waals surface area contributed by atoms with E-state index in [0.717, 1.165) is 0 Å². The molecule has 0 amide bonds. The first-order chi connectivity index (χ1) is 7.77. The second kappa shape index (κ2) is 5.02. The van der Waals surface area contributed by atoms with Gasteiger partial charge in [-0.25, -0.2) is 4.39 Å². The number of halogens is 1. The molecule has 3 nitrogen and oxygen atoms in total. The van der Waals surface area contributed by atoms with E-state index in [1.807, 2.05) is 20.8 Å². The van der Waals surface area contributed by atoms with Crippen molar-refractivity contribution in [1.29, 1.82) is 0 Å². The van der Waals surface area contributed by atoms with Crippen molar-refractivity contribution in [2.75, 3.05) is 7.11 Å². The van der Waals surface area contributed by atoms with Gasteiger partial charge in [-0.15, -0.1) is 0 Å². The molecule has 1 aromatic carbocycles. The molecule has 0 unspecified atom stereocenters. The molecule has 0 heterocycles. The molecule has 0 spiro atoms. The largest absolute Gasteiger partial charge is 0.496 e. The fraction of sp³-hybridized carbons (Fsp3) is 0.538. The van der Waals surface area contributed by atoms with Gasteiger partial charge < -0.3 is 15.6 Å². The number of aliphatic hydroxyl groups excluding tert-OH is 1. The first-order valence-corrected chi connectivity index (χ1v) is 5.54. The van der Waals surface area contributed by atoms with Crippen LogP contribution in [0.2, 0.25) is 0 Å². The summed E-state index contributed by atoms with van der Waals surface area (Å²) >= 11 is 0. The lowest BCUT2D eigenvalue weighted by Gasteiger charge is -2.31. The zero-order chi connectivity index (χ0) is 13.2. The molecular formula is C13H20FNO2. The van der Waals surface area contributed by atoms with Crippen molar-refractivity contribution in [2.45, 2.75) is 32.9 Å². The average Bonchev–Trinajstić information content (AvgIpc) is 2.25. The fourth-order valence-corrected chi connectivity index (χ4v) is 1.67. The number of hydrogen-bond acceptors (Lipinski definition) is 3. The van der Waals surface area contributed by atoms with E-state index in [1.54, 1.807) is 6.07 Å². The zero-order valence-corrected chi connectivity index (χ0v) is 10.7. The van der Waals surface area contributed by atoms with E-state index in [9.17, 15) is 9.50 Å². The molecule has 17 heavy (non-hydrogen) atoms. The molecule has 0 aliphatic rings. The van der Waals surface area contributed by atoms with Crippen molar-refractivity contribution in [3.8, 4) is 5.75 Å². The summed E-state index contributed by atoms with van der Waals surface area (Å²) in [4.78, 5) is 0. The molecule has 96 valence electrons. The average molecular weight is 241 g/mol. The molecule has 0 aliphatic carbocycles. The molecule has 0 saturated carbocycles. The van der Waals surface area contributed by atoms with Gasteiger partial charge in [0.2, 0.25) is 0 Å². The summed E-state index contributed by atoms with van der Waals surface area (Å²) < 4.78 is 18.1. The van der Waals surface area contributed by atoms with E-state index in [-0.39, 0.29) is 11.2 Å². The van der Waals surface area contributed by atoms with Gasteiger partial charge in [0, 0.05) is 11.6 Å². The van der Waals surface area contributed by atoms with E-state index in [0.29, 0.717) is 11.3 Å². The standard InChI is InChI=1S/C13H20FNO2/c1-13(2,3)12(16)11(15)9-6-5-8(14)7-10(9)17-4/h5-7,11-12,16H,15H2,1-4H3/t11-,12-/m0/s1. The molecule has 1 aromatic rings. The van der Waals surface area contributed by atoms with Gasteiger partial charge >= 0.3 is 0 Å². The molecule has 0 bridgehead atoms. The smallest absolute Gasteiger partial charge is 0.126 e. The second-order valence-electron chi connectivity index (χ2n) is 5.22. The number of ether oxygens (including phenoxy) is 1. The summed E-state index contributed by atoms with van der Waals surface area (Å²) in [5.41, 5.74) is 6.26.